The van der Waals surface area contributed by atoms with E-state index in [1.807, 2.05) is 0 Å². The Morgan fingerprint density at radius 3 is 2.51 bits per heavy atom. The van der Waals surface area contributed by atoms with Crippen LogP contribution >= 0.6 is 0 Å². The summed E-state index contributed by atoms with van der Waals surface area (Å²) in [4.78, 5) is 42.2. The molecular formula is C36H47NO6. The maximum Gasteiger partial charge on any atom is 0.339 e. The molecule has 6 rings (SSSR count). The Morgan fingerprint density at radius 1 is 1.12 bits per heavy atom. The zero-order valence-corrected chi connectivity index (χ0v) is 26.7. The molecule has 10 atom stereocenters. The number of epoxide rings is 1. The van der Waals surface area contributed by atoms with Gasteiger partial charge in [-0.15, -0.1) is 0 Å². The van der Waals surface area contributed by atoms with Crippen LogP contribution < -0.4 is 0 Å². The molecule has 1 aliphatic heterocycles. The average Bonchev–Trinajstić information content (AvgIpc) is 3.25. The summed E-state index contributed by atoms with van der Waals surface area (Å²) in [5.41, 5.74) is 0.738. The number of ether oxygens (including phenoxy) is 3. The van der Waals surface area contributed by atoms with Crippen LogP contribution in [0.2, 0.25) is 0 Å². The maximum atomic E-state index is 13.3. The lowest BCUT2D eigenvalue weighted by atomic mass is 9.46. The molecule has 4 fully saturated rings. The molecule has 0 radical (unpaired) electrons. The Balaban J connectivity index is 1.30. The lowest BCUT2D eigenvalue weighted by Crippen LogP contribution is -2.56. The molecule has 0 spiro atoms. The van der Waals surface area contributed by atoms with Crippen molar-refractivity contribution in [2.45, 2.75) is 110 Å². The van der Waals surface area contributed by atoms with Gasteiger partial charge in [0, 0.05) is 43.5 Å². The first-order valence-electron chi connectivity index (χ1n) is 16.1. The molecule has 0 bridgehead atoms. The highest BCUT2D eigenvalue weighted by Crippen LogP contribution is 2.68. The first-order chi connectivity index (χ1) is 20.2. The highest BCUT2D eigenvalue weighted by atomic mass is 16.6. The molecule has 1 aromatic rings. The molecular weight excluding hydrogens is 542 g/mol. The molecule has 7 heteroatoms. The molecule has 10 unspecified atom stereocenters. The lowest BCUT2D eigenvalue weighted by molar-refractivity contribution is -0.164. The first kappa shape index (κ1) is 30.2. The molecule has 7 nitrogen and oxygen atoms in total. The van der Waals surface area contributed by atoms with Gasteiger partial charge < -0.3 is 14.2 Å². The van der Waals surface area contributed by atoms with Crippen LogP contribution in [0.25, 0.3) is 0 Å². The summed E-state index contributed by atoms with van der Waals surface area (Å²) in [5, 5.41) is 0. The second kappa shape index (κ2) is 10.4. The number of aromatic nitrogens is 1. The fraction of sp³-hybridized carbons (Fsp3) is 0.667. The van der Waals surface area contributed by atoms with Crippen LogP contribution in [0.5, 0.6) is 0 Å². The number of rotatable bonds is 7. The summed E-state index contributed by atoms with van der Waals surface area (Å²) in [6, 6.07) is 3.51. The van der Waals surface area contributed by atoms with Gasteiger partial charge in [-0.3, -0.25) is 14.6 Å². The topological polar surface area (TPSA) is 95.1 Å². The average molecular weight is 590 g/mol. The molecule has 1 aromatic heterocycles. The number of hydrogen-bond donors (Lipinski definition) is 0. The minimum Gasteiger partial charge on any atom is -0.462 e. The van der Waals surface area contributed by atoms with Gasteiger partial charge >= 0.3 is 11.9 Å². The molecule has 232 valence electrons. The van der Waals surface area contributed by atoms with Crippen molar-refractivity contribution in [2.24, 2.45) is 40.4 Å². The molecule has 3 saturated carbocycles. The molecule has 5 aliphatic rings. The molecule has 2 heterocycles. The number of pyridine rings is 1. The number of nitrogens with zero attached hydrogens (tertiary/aromatic N) is 1. The van der Waals surface area contributed by atoms with Gasteiger partial charge in [0.05, 0.1) is 16.8 Å². The van der Waals surface area contributed by atoms with Gasteiger partial charge in [-0.05, 0) is 99.8 Å². The van der Waals surface area contributed by atoms with Gasteiger partial charge in [-0.2, -0.15) is 0 Å². The van der Waals surface area contributed by atoms with Gasteiger partial charge in [0.15, 0.2) is 5.78 Å². The summed E-state index contributed by atoms with van der Waals surface area (Å²) in [6.07, 6.45) is 13.7. The van der Waals surface area contributed by atoms with E-state index in [1.54, 1.807) is 36.7 Å². The number of fused-ring (bicyclic) bond motifs is 5. The molecule has 0 amide bonds. The van der Waals surface area contributed by atoms with Gasteiger partial charge in [0.1, 0.15) is 12.2 Å². The summed E-state index contributed by atoms with van der Waals surface area (Å²) in [5.74, 6) is 0.732. The van der Waals surface area contributed by atoms with E-state index in [2.05, 4.69) is 52.6 Å². The minimum atomic E-state index is -0.358. The minimum absolute atomic E-state index is 0.00452. The number of ketones is 1. The monoisotopic (exact) mass is 589 g/mol. The molecule has 4 aliphatic carbocycles. The van der Waals surface area contributed by atoms with E-state index in [0.29, 0.717) is 36.2 Å². The fourth-order valence-corrected chi connectivity index (χ4v) is 9.87. The van der Waals surface area contributed by atoms with Gasteiger partial charge in [-0.25, -0.2) is 4.79 Å². The van der Waals surface area contributed by atoms with Crippen molar-refractivity contribution in [3.05, 3.63) is 53.9 Å². The fourth-order valence-electron chi connectivity index (χ4n) is 9.87. The standard InChI is InChI=1S/C36H47NO6/c1-21(30(19-36(7)33(3,4)43-36)42-32(40)23-9-8-16-37-20-23)26-10-11-27-31-28(13-15-35(26,27)6)34(5)14-12-25(39)17-24(34)18-29(31)41-22(2)38/h8-9,12,14,16-17,20-21,26-31H,10-11,13,15,18-19H2,1-7H3. The van der Waals surface area contributed by atoms with Crippen molar-refractivity contribution in [2.75, 3.05) is 0 Å². The molecule has 43 heavy (non-hydrogen) atoms. The normalized spacial score (nSPS) is 40.3. The Kier molecular flexibility index (Phi) is 7.31. The van der Waals surface area contributed by atoms with Crippen LogP contribution in [-0.4, -0.2) is 46.1 Å². The number of carbonyl (C=O) groups is 3. The lowest BCUT2D eigenvalue weighted by Gasteiger charge is -2.59. The van der Waals surface area contributed by atoms with Crippen molar-refractivity contribution >= 4 is 17.7 Å². The molecule has 0 N–H and O–H groups in total. The van der Waals surface area contributed by atoms with E-state index in [1.165, 1.54) is 6.92 Å². The van der Waals surface area contributed by atoms with Crippen molar-refractivity contribution in [3.63, 3.8) is 0 Å². The van der Waals surface area contributed by atoms with Gasteiger partial charge in [0.25, 0.3) is 0 Å². The van der Waals surface area contributed by atoms with E-state index >= 15 is 0 Å². The van der Waals surface area contributed by atoms with Gasteiger partial charge in [0.2, 0.25) is 0 Å². The smallest absolute Gasteiger partial charge is 0.339 e. The van der Waals surface area contributed by atoms with Crippen LogP contribution in [0.4, 0.5) is 0 Å². The Morgan fingerprint density at radius 2 is 1.86 bits per heavy atom. The highest BCUT2D eigenvalue weighted by Gasteiger charge is 2.65. The predicted octanol–water partition coefficient (Wildman–Crippen LogP) is 6.67. The summed E-state index contributed by atoms with van der Waals surface area (Å²) >= 11 is 0. The number of hydrogen-bond acceptors (Lipinski definition) is 7. The van der Waals surface area contributed by atoms with Crippen LogP contribution in [0.15, 0.2) is 48.3 Å². The summed E-state index contributed by atoms with van der Waals surface area (Å²) in [7, 11) is 0. The Hall–Kier alpha value is -2.80. The van der Waals surface area contributed by atoms with Crippen molar-refractivity contribution in [1.29, 1.82) is 0 Å². The zero-order valence-electron chi connectivity index (χ0n) is 26.7. The third kappa shape index (κ3) is 5.00. The van der Waals surface area contributed by atoms with Crippen LogP contribution in [-0.2, 0) is 23.8 Å². The number of carbonyl (C=O) groups excluding carboxylic acids is 3. The summed E-state index contributed by atoms with van der Waals surface area (Å²) in [6.45, 7) is 14.8. The van der Waals surface area contributed by atoms with Crippen LogP contribution in [0, 0.1) is 40.4 Å². The van der Waals surface area contributed by atoms with E-state index in [0.717, 1.165) is 31.3 Å². The Labute approximate surface area is 255 Å². The summed E-state index contributed by atoms with van der Waals surface area (Å²) < 4.78 is 18.6. The first-order valence-corrected chi connectivity index (χ1v) is 16.1. The second-order valence-electron chi connectivity index (χ2n) is 15.2. The van der Waals surface area contributed by atoms with Gasteiger partial charge in [-0.1, -0.05) is 32.4 Å². The van der Waals surface area contributed by atoms with E-state index in [-0.39, 0.29) is 63.8 Å². The number of esters is 2. The number of allylic oxidation sites excluding steroid dienone is 3. The third-order valence-electron chi connectivity index (χ3n) is 12.6. The van der Waals surface area contributed by atoms with Crippen LogP contribution in [0.3, 0.4) is 0 Å². The molecule has 1 saturated heterocycles. The van der Waals surface area contributed by atoms with Crippen molar-refractivity contribution in [3.8, 4) is 0 Å². The highest BCUT2D eigenvalue weighted by molar-refractivity contribution is 6.01. The zero-order chi connectivity index (χ0) is 30.9. The van der Waals surface area contributed by atoms with E-state index in [4.69, 9.17) is 14.2 Å². The molecule has 0 aromatic carbocycles. The predicted molar refractivity (Wildman–Crippen MR) is 162 cm³/mol. The van der Waals surface area contributed by atoms with E-state index in [9.17, 15) is 14.4 Å². The van der Waals surface area contributed by atoms with Crippen molar-refractivity contribution < 1.29 is 28.6 Å². The largest absolute Gasteiger partial charge is 0.462 e. The quantitative estimate of drug-likeness (QED) is 0.259. The third-order valence-corrected chi connectivity index (χ3v) is 12.6. The second-order valence-corrected chi connectivity index (χ2v) is 15.2. The SMILES string of the molecule is CC(=O)OC1CC2=CC(=O)C=CC2(C)C2CCC3(C)C(C(C)C(CC4(C)OC4(C)C)OC(=O)c4cccnc4)CCC3C12. The van der Waals surface area contributed by atoms with Crippen LogP contribution in [0.1, 0.15) is 97.3 Å². The maximum absolute atomic E-state index is 13.3. The Bertz CT molecular complexity index is 1370. The van der Waals surface area contributed by atoms with Crippen molar-refractivity contribution in [1.82, 2.24) is 4.98 Å². The van der Waals surface area contributed by atoms with E-state index < -0.39 is 0 Å².